The van der Waals surface area contributed by atoms with Crippen molar-refractivity contribution in [3.05, 3.63) is 82.5 Å². The van der Waals surface area contributed by atoms with Gasteiger partial charge in [0.2, 0.25) is 0 Å². The molecule has 42 heavy (non-hydrogen) atoms. The number of likely N-dealkylation sites (tertiary alicyclic amines) is 1. The van der Waals surface area contributed by atoms with Crippen LogP contribution in [-0.2, 0) is 10.5 Å². The van der Waals surface area contributed by atoms with Gasteiger partial charge in [-0.2, -0.15) is 5.26 Å². The molecule has 220 valence electrons. The summed E-state index contributed by atoms with van der Waals surface area (Å²) < 4.78 is 47.8. The summed E-state index contributed by atoms with van der Waals surface area (Å²) in [6.45, 7) is 7.74. The number of para-hydroxylation sites is 1. The average molecular weight is 575 g/mol. The van der Waals surface area contributed by atoms with Crippen molar-refractivity contribution in [3.63, 3.8) is 0 Å². The highest BCUT2D eigenvalue weighted by Crippen LogP contribution is 2.49. The maximum atomic E-state index is 14.9. The fraction of sp³-hybridized carbons (Fsp3) is 0.455. The van der Waals surface area contributed by atoms with Crippen LogP contribution in [0.15, 0.2) is 64.9 Å². The minimum Gasteiger partial charge on any atom is -0.444 e. The molecule has 0 radical (unpaired) electrons. The molecule has 4 aliphatic heterocycles. The molecule has 9 heteroatoms. The molecule has 0 spiro atoms. The highest BCUT2D eigenvalue weighted by molar-refractivity contribution is 5.85. The Morgan fingerprint density at radius 3 is 2.64 bits per heavy atom. The first-order valence-electron chi connectivity index (χ1n) is 14.7. The number of benzene rings is 2. The Labute approximate surface area is 245 Å². The first-order valence-corrected chi connectivity index (χ1v) is 14.7. The van der Waals surface area contributed by atoms with Crippen molar-refractivity contribution < 1.29 is 23.0 Å². The van der Waals surface area contributed by atoms with Crippen LogP contribution in [0.5, 0.6) is 11.5 Å². The van der Waals surface area contributed by atoms with E-state index in [1.807, 2.05) is 37.3 Å². The summed E-state index contributed by atoms with van der Waals surface area (Å²) in [6, 6.07) is 13.0. The van der Waals surface area contributed by atoms with Gasteiger partial charge in [-0.3, -0.25) is 9.89 Å². The molecule has 2 fully saturated rings. The standard InChI is InChI=1S/C33H36F2N4O3/c1-22-8-9-27(28(34)17-22)33(2)41-30-7-3-6-26(32(30)42-33)23-10-14-38(15-11-23)21-31-37-19-29(35)24(18-36)5-4-13-39(31)20-25-12-16-40-25/h3-9,17,23,25H,10-16,19-21H2,1-2H3/b5-4-,29-24-,37-31?/t25-,33-/m0/s1. The van der Waals surface area contributed by atoms with Gasteiger partial charge in [-0.25, -0.2) is 8.78 Å². The summed E-state index contributed by atoms with van der Waals surface area (Å²) in [4.78, 5) is 9.15. The van der Waals surface area contributed by atoms with Crippen LogP contribution >= 0.6 is 0 Å². The molecule has 2 atom stereocenters. The Hall–Kier alpha value is -3.74. The molecule has 2 aromatic rings. The third-order valence-electron chi connectivity index (χ3n) is 8.62. The van der Waals surface area contributed by atoms with E-state index in [0.717, 1.165) is 55.9 Å². The van der Waals surface area contributed by atoms with Crippen LogP contribution in [-0.4, -0.2) is 67.6 Å². The van der Waals surface area contributed by atoms with Crippen LogP contribution in [0, 0.1) is 24.1 Å². The molecule has 0 aliphatic carbocycles. The predicted octanol–water partition coefficient (Wildman–Crippen LogP) is 5.76. The molecule has 0 bridgehead atoms. The number of nitrogens with zero attached hydrogens (tertiary/aromatic N) is 4. The maximum absolute atomic E-state index is 14.9. The third-order valence-corrected chi connectivity index (χ3v) is 8.62. The lowest BCUT2D eigenvalue weighted by Crippen LogP contribution is -2.48. The van der Waals surface area contributed by atoms with Gasteiger partial charge < -0.3 is 19.1 Å². The summed E-state index contributed by atoms with van der Waals surface area (Å²) >= 11 is 0. The zero-order valence-electron chi connectivity index (χ0n) is 24.1. The first-order chi connectivity index (χ1) is 20.3. The van der Waals surface area contributed by atoms with Gasteiger partial charge in [0.15, 0.2) is 11.5 Å². The van der Waals surface area contributed by atoms with Gasteiger partial charge in [-0.05, 0) is 75.0 Å². The van der Waals surface area contributed by atoms with Crippen molar-refractivity contribution in [2.24, 2.45) is 4.99 Å². The van der Waals surface area contributed by atoms with Crippen molar-refractivity contribution in [3.8, 4) is 17.6 Å². The number of rotatable bonds is 6. The molecule has 4 aliphatic rings. The van der Waals surface area contributed by atoms with Crippen LogP contribution in [0.25, 0.3) is 0 Å². The van der Waals surface area contributed by atoms with Gasteiger partial charge in [0.1, 0.15) is 23.5 Å². The van der Waals surface area contributed by atoms with Gasteiger partial charge >= 0.3 is 0 Å². The smallest absolute Gasteiger partial charge is 0.278 e. The second kappa shape index (κ2) is 11.9. The van der Waals surface area contributed by atoms with E-state index >= 15 is 0 Å². The molecule has 2 aromatic carbocycles. The van der Waals surface area contributed by atoms with Gasteiger partial charge in [-0.15, -0.1) is 0 Å². The minimum atomic E-state index is -1.23. The number of aliphatic imine (C=N–C) groups is 1. The Balaban J connectivity index is 1.15. The fourth-order valence-corrected chi connectivity index (χ4v) is 6.11. The molecule has 0 aromatic heterocycles. The zero-order valence-corrected chi connectivity index (χ0v) is 24.1. The highest BCUT2D eigenvalue weighted by atomic mass is 19.1. The second-order valence-electron chi connectivity index (χ2n) is 11.6. The van der Waals surface area contributed by atoms with Crippen LogP contribution < -0.4 is 9.47 Å². The fourth-order valence-electron chi connectivity index (χ4n) is 6.11. The quantitative estimate of drug-likeness (QED) is 0.437. The highest BCUT2D eigenvalue weighted by Gasteiger charge is 2.43. The summed E-state index contributed by atoms with van der Waals surface area (Å²) in [5.74, 6) is 0.303. The van der Waals surface area contributed by atoms with Crippen molar-refractivity contribution in [2.45, 2.75) is 50.9 Å². The summed E-state index contributed by atoms with van der Waals surface area (Å²) in [5, 5.41) is 9.32. The maximum Gasteiger partial charge on any atom is 0.278 e. The number of fused-ring (bicyclic) bond motifs is 1. The average Bonchev–Trinajstić information content (AvgIpc) is 3.33. The van der Waals surface area contributed by atoms with E-state index in [1.54, 1.807) is 19.1 Å². The van der Waals surface area contributed by atoms with Gasteiger partial charge in [0, 0.05) is 32.2 Å². The summed E-state index contributed by atoms with van der Waals surface area (Å²) in [5.41, 5.74) is 2.32. The Morgan fingerprint density at radius 1 is 1.12 bits per heavy atom. The lowest BCUT2D eigenvalue weighted by molar-refractivity contribution is -0.0712. The number of hydrogen-bond acceptors (Lipinski definition) is 7. The van der Waals surface area contributed by atoms with E-state index < -0.39 is 11.6 Å². The number of amidine groups is 1. The van der Waals surface area contributed by atoms with E-state index in [2.05, 4.69) is 20.9 Å². The Bertz CT molecular complexity index is 1470. The zero-order chi connectivity index (χ0) is 29.3. The minimum absolute atomic E-state index is 0.0310. The second-order valence-corrected chi connectivity index (χ2v) is 11.6. The lowest BCUT2D eigenvalue weighted by Gasteiger charge is -2.37. The summed E-state index contributed by atoms with van der Waals surface area (Å²) in [6.07, 6.45) is 6.33. The molecule has 0 unspecified atom stereocenters. The molecular weight excluding hydrogens is 538 g/mol. The number of aryl methyl sites for hydroxylation is 1. The summed E-state index contributed by atoms with van der Waals surface area (Å²) in [7, 11) is 0. The predicted molar refractivity (Wildman–Crippen MR) is 156 cm³/mol. The van der Waals surface area contributed by atoms with E-state index in [9.17, 15) is 14.0 Å². The number of allylic oxidation sites excluding steroid dienone is 2. The van der Waals surface area contributed by atoms with Crippen LogP contribution in [0.3, 0.4) is 0 Å². The number of nitriles is 1. The van der Waals surface area contributed by atoms with Crippen molar-refractivity contribution in [1.82, 2.24) is 9.80 Å². The Kier molecular flexibility index (Phi) is 8.02. The van der Waals surface area contributed by atoms with E-state index in [4.69, 9.17) is 14.2 Å². The number of ether oxygens (including phenoxy) is 3. The molecule has 4 heterocycles. The Morgan fingerprint density at radius 2 is 1.93 bits per heavy atom. The number of hydrogen-bond donors (Lipinski definition) is 0. The molecule has 0 N–H and O–H groups in total. The van der Waals surface area contributed by atoms with Gasteiger partial charge in [-0.1, -0.05) is 24.3 Å². The molecule has 0 amide bonds. The lowest BCUT2D eigenvalue weighted by atomic mass is 9.88. The topological polar surface area (TPSA) is 70.3 Å². The molecule has 0 saturated carbocycles. The van der Waals surface area contributed by atoms with Crippen LogP contribution in [0.1, 0.15) is 48.8 Å². The van der Waals surface area contributed by atoms with Crippen molar-refractivity contribution >= 4 is 5.84 Å². The molecular formula is C33H36F2N4O3. The number of piperidine rings is 1. The normalized spacial score (nSPS) is 27.4. The van der Waals surface area contributed by atoms with E-state index in [0.29, 0.717) is 36.7 Å². The largest absolute Gasteiger partial charge is 0.444 e. The van der Waals surface area contributed by atoms with Crippen molar-refractivity contribution in [2.75, 3.05) is 45.9 Å². The number of halogens is 2. The van der Waals surface area contributed by atoms with Crippen LogP contribution in [0.4, 0.5) is 8.78 Å². The third kappa shape index (κ3) is 5.79. The van der Waals surface area contributed by atoms with Crippen molar-refractivity contribution in [1.29, 1.82) is 5.26 Å². The molecule has 6 rings (SSSR count). The molecule has 2 saturated heterocycles. The van der Waals surface area contributed by atoms with Gasteiger partial charge in [0.05, 0.1) is 30.3 Å². The van der Waals surface area contributed by atoms with E-state index in [1.165, 1.54) is 6.07 Å². The van der Waals surface area contributed by atoms with E-state index in [-0.39, 0.29) is 30.0 Å². The van der Waals surface area contributed by atoms with Crippen LogP contribution in [0.2, 0.25) is 0 Å². The molecule has 7 nitrogen and oxygen atoms in total. The monoisotopic (exact) mass is 574 g/mol. The SMILES string of the molecule is Cc1ccc([C@@]2(C)Oc3cccc(C4CCN(CC5=NC/C(F)=C(C#N)\C=C/CN5C[C@@H]5CCO5)CC4)c3O2)c(F)c1. The van der Waals surface area contributed by atoms with Gasteiger partial charge in [0.25, 0.3) is 5.79 Å². The first kappa shape index (κ1) is 28.4.